The van der Waals surface area contributed by atoms with Gasteiger partial charge in [-0.25, -0.2) is 4.68 Å². The van der Waals surface area contributed by atoms with Crippen LogP contribution in [0.15, 0.2) is 33.9 Å². The maximum Gasteiger partial charge on any atom is 0.273 e. The van der Waals surface area contributed by atoms with Crippen molar-refractivity contribution in [3.05, 3.63) is 45.0 Å². The van der Waals surface area contributed by atoms with E-state index in [0.29, 0.717) is 17.3 Å². The highest BCUT2D eigenvalue weighted by atomic mass is 16.5. The molecule has 1 atom stereocenters. The summed E-state index contributed by atoms with van der Waals surface area (Å²) in [6.45, 7) is 0.926. The Morgan fingerprint density at radius 2 is 2.09 bits per heavy atom. The van der Waals surface area contributed by atoms with Gasteiger partial charge in [0.15, 0.2) is 0 Å². The molecule has 7 heteroatoms. The lowest BCUT2D eigenvalue weighted by molar-refractivity contribution is -0.122. The standard InChI is InChI=1S/C15H17N3O4/c19-13(16-8-10-4-3-7-22-10)9-18-15(21)12-6-2-1-5-11(12)14(20)17-18/h1-2,5-6,10H,3-4,7-9H2,(H,16,19)(H,17,20). The Morgan fingerprint density at radius 3 is 2.82 bits per heavy atom. The van der Waals surface area contributed by atoms with Crippen LogP contribution in [0.25, 0.3) is 10.8 Å². The Labute approximate surface area is 125 Å². The third-order valence-corrected chi connectivity index (χ3v) is 3.74. The average molecular weight is 303 g/mol. The number of aromatic nitrogens is 2. The Morgan fingerprint density at radius 1 is 1.32 bits per heavy atom. The first-order valence-electron chi connectivity index (χ1n) is 7.25. The monoisotopic (exact) mass is 303 g/mol. The fourth-order valence-electron chi connectivity index (χ4n) is 2.59. The van der Waals surface area contributed by atoms with Crippen molar-refractivity contribution in [2.75, 3.05) is 13.2 Å². The van der Waals surface area contributed by atoms with Crippen LogP contribution in [0, 0.1) is 0 Å². The molecule has 0 radical (unpaired) electrons. The smallest absolute Gasteiger partial charge is 0.273 e. The normalized spacial score (nSPS) is 17.7. The van der Waals surface area contributed by atoms with E-state index in [1.165, 1.54) is 0 Å². The van der Waals surface area contributed by atoms with Crippen LogP contribution in [0.3, 0.4) is 0 Å². The maximum absolute atomic E-state index is 12.3. The molecule has 22 heavy (non-hydrogen) atoms. The van der Waals surface area contributed by atoms with Crippen molar-refractivity contribution >= 4 is 16.7 Å². The molecular formula is C15H17N3O4. The summed E-state index contributed by atoms with van der Waals surface area (Å²) >= 11 is 0. The number of aromatic amines is 1. The molecule has 3 rings (SSSR count). The minimum absolute atomic E-state index is 0.0383. The molecule has 0 saturated carbocycles. The van der Waals surface area contributed by atoms with Crippen LogP contribution in [0.1, 0.15) is 12.8 Å². The number of amides is 1. The van der Waals surface area contributed by atoms with Gasteiger partial charge in [0.05, 0.1) is 16.9 Å². The van der Waals surface area contributed by atoms with Crippen LogP contribution in [0.5, 0.6) is 0 Å². The van der Waals surface area contributed by atoms with E-state index < -0.39 is 0 Å². The van der Waals surface area contributed by atoms with Gasteiger partial charge in [-0.05, 0) is 25.0 Å². The van der Waals surface area contributed by atoms with E-state index >= 15 is 0 Å². The van der Waals surface area contributed by atoms with Gasteiger partial charge in [0.1, 0.15) is 6.54 Å². The SMILES string of the molecule is O=C(Cn1[nH]c(=O)c2ccccc2c1=O)NCC1CCCO1. The highest BCUT2D eigenvalue weighted by Crippen LogP contribution is 2.10. The number of nitrogens with one attached hydrogen (secondary N) is 2. The van der Waals surface area contributed by atoms with Gasteiger partial charge < -0.3 is 10.1 Å². The molecule has 0 bridgehead atoms. The zero-order valence-electron chi connectivity index (χ0n) is 12.0. The summed E-state index contributed by atoms with van der Waals surface area (Å²) in [7, 11) is 0. The van der Waals surface area contributed by atoms with Crippen molar-refractivity contribution in [2.45, 2.75) is 25.5 Å². The predicted octanol–water partition coefficient (Wildman–Crippen LogP) is -0.0150. The number of carbonyl (C=O) groups excluding carboxylic acids is 1. The molecule has 1 saturated heterocycles. The van der Waals surface area contributed by atoms with Crippen LogP contribution >= 0.6 is 0 Å². The van der Waals surface area contributed by atoms with Gasteiger partial charge in [-0.2, -0.15) is 0 Å². The molecule has 116 valence electrons. The number of carbonyl (C=O) groups is 1. The third-order valence-electron chi connectivity index (χ3n) is 3.74. The molecule has 0 aliphatic carbocycles. The third kappa shape index (κ3) is 2.94. The van der Waals surface area contributed by atoms with Crippen molar-refractivity contribution in [3.63, 3.8) is 0 Å². The van der Waals surface area contributed by atoms with Gasteiger partial charge in [0, 0.05) is 13.2 Å². The molecule has 0 spiro atoms. The predicted molar refractivity (Wildman–Crippen MR) is 80.8 cm³/mol. The summed E-state index contributed by atoms with van der Waals surface area (Å²) in [6, 6.07) is 6.53. The molecule has 2 N–H and O–H groups in total. The second-order valence-corrected chi connectivity index (χ2v) is 5.32. The van der Waals surface area contributed by atoms with E-state index in [9.17, 15) is 14.4 Å². The van der Waals surface area contributed by atoms with Crippen molar-refractivity contribution in [1.29, 1.82) is 0 Å². The van der Waals surface area contributed by atoms with Crippen molar-refractivity contribution in [3.8, 4) is 0 Å². The first kappa shape index (κ1) is 14.5. The fraction of sp³-hybridized carbons (Fsp3) is 0.400. The quantitative estimate of drug-likeness (QED) is 0.830. The maximum atomic E-state index is 12.3. The molecule has 2 heterocycles. The van der Waals surface area contributed by atoms with E-state index in [1.807, 2.05) is 0 Å². The number of nitrogens with zero attached hydrogens (tertiary/aromatic N) is 1. The lowest BCUT2D eigenvalue weighted by atomic mass is 10.2. The lowest BCUT2D eigenvalue weighted by Crippen LogP contribution is -2.39. The summed E-state index contributed by atoms with van der Waals surface area (Å²) < 4.78 is 6.45. The molecule has 7 nitrogen and oxygen atoms in total. The first-order chi connectivity index (χ1) is 10.6. The van der Waals surface area contributed by atoms with Gasteiger partial charge >= 0.3 is 0 Å². The zero-order valence-corrected chi connectivity index (χ0v) is 12.0. The Kier molecular flexibility index (Phi) is 4.06. The van der Waals surface area contributed by atoms with Crippen molar-refractivity contribution in [2.24, 2.45) is 0 Å². The molecular weight excluding hydrogens is 286 g/mol. The summed E-state index contributed by atoms with van der Waals surface area (Å²) in [5.74, 6) is -0.330. The van der Waals surface area contributed by atoms with Gasteiger partial charge in [-0.1, -0.05) is 12.1 Å². The van der Waals surface area contributed by atoms with E-state index in [4.69, 9.17) is 4.74 Å². The minimum Gasteiger partial charge on any atom is -0.376 e. The number of hydrogen-bond acceptors (Lipinski definition) is 4. The van der Waals surface area contributed by atoms with Gasteiger partial charge in [0.25, 0.3) is 11.1 Å². The van der Waals surface area contributed by atoms with Crippen LogP contribution in [-0.4, -0.2) is 34.9 Å². The minimum atomic E-state index is -0.387. The zero-order chi connectivity index (χ0) is 15.5. The highest BCUT2D eigenvalue weighted by molar-refractivity contribution is 5.81. The Bertz CT molecular complexity index is 802. The second-order valence-electron chi connectivity index (χ2n) is 5.32. The molecule has 1 amide bonds. The van der Waals surface area contributed by atoms with Crippen molar-refractivity contribution < 1.29 is 9.53 Å². The van der Waals surface area contributed by atoms with Crippen molar-refractivity contribution in [1.82, 2.24) is 15.1 Å². The fourth-order valence-corrected chi connectivity index (χ4v) is 2.59. The molecule has 2 aromatic rings. The highest BCUT2D eigenvalue weighted by Gasteiger charge is 2.16. The van der Waals surface area contributed by atoms with Crippen LogP contribution in [0.4, 0.5) is 0 Å². The van der Waals surface area contributed by atoms with Gasteiger partial charge in [-0.15, -0.1) is 0 Å². The Balaban J connectivity index is 1.76. The van der Waals surface area contributed by atoms with E-state index in [2.05, 4.69) is 10.4 Å². The summed E-state index contributed by atoms with van der Waals surface area (Å²) in [5, 5.41) is 5.78. The van der Waals surface area contributed by atoms with E-state index in [0.717, 1.165) is 24.1 Å². The molecule has 1 fully saturated rings. The summed E-state index contributed by atoms with van der Waals surface area (Å²) in [4.78, 5) is 36.1. The Hall–Kier alpha value is -2.41. The molecule has 1 aliphatic rings. The van der Waals surface area contributed by atoms with Crippen LogP contribution in [0.2, 0.25) is 0 Å². The molecule has 1 aromatic carbocycles. The largest absolute Gasteiger partial charge is 0.376 e. The number of fused-ring (bicyclic) bond motifs is 1. The molecule has 1 unspecified atom stereocenters. The summed E-state index contributed by atoms with van der Waals surface area (Å²) in [6.07, 6.45) is 1.96. The van der Waals surface area contributed by atoms with Crippen LogP contribution < -0.4 is 16.4 Å². The average Bonchev–Trinajstić information content (AvgIpc) is 3.04. The second kappa shape index (κ2) is 6.15. The number of hydrogen-bond donors (Lipinski definition) is 2. The van der Waals surface area contributed by atoms with Gasteiger partial charge in [-0.3, -0.25) is 19.5 Å². The number of benzene rings is 1. The summed E-state index contributed by atoms with van der Waals surface area (Å²) in [5.41, 5.74) is -0.774. The van der Waals surface area contributed by atoms with E-state index in [1.54, 1.807) is 24.3 Å². The number of H-pyrrole nitrogens is 1. The van der Waals surface area contributed by atoms with E-state index in [-0.39, 0.29) is 29.7 Å². The number of ether oxygens (including phenoxy) is 1. The topological polar surface area (TPSA) is 93.2 Å². The molecule has 1 aliphatic heterocycles. The van der Waals surface area contributed by atoms with Crippen LogP contribution in [-0.2, 0) is 16.1 Å². The van der Waals surface area contributed by atoms with Gasteiger partial charge in [0.2, 0.25) is 5.91 Å². The first-order valence-corrected chi connectivity index (χ1v) is 7.25. The number of rotatable bonds is 4. The lowest BCUT2D eigenvalue weighted by Gasteiger charge is -2.11. The molecule has 1 aromatic heterocycles.